The van der Waals surface area contributed by atoms with E-state index in [0.717, 1.165) is 6.42 Å². The van der Waals surface area contributed by atoms with Crippen molar-refractivity contribution in [1.29, 1.82) is 0 Å². The average molecular weight is 280 g/mol. The normalized spacial score (nSPS) is 10.0. The molecule has 0 radical (unpaired) electrons. The highest BCUT2D eigenvalue weighted by atomic mass is 32.1. The Morgan fingerprint density at radius 2 is 2.16 bits per heavy atom. The van der Waals surface area contributed by atoms with E-state index in [1.165, 1.54) is 0 Å². The van der Waals surface area contributed by atoms with E-state index in [1.54, 1.807) is 17.0 Å². The molecule has 0 bridgehead atoms. The molecule has 0 saturated carbocycles. The third-order valence-electron chi connectivity index (χ3n) is 2.57. The summed E-state index contributed by atoms with van der Waals surface area (Å²) in [7, 11) is 0. The molecule has 1 rings (SSSR count). The molecule has 19 heavy (non-hydrogen) atoms. The highest BCUT2D eigenvalue weighted by Crippen LogP contribution is 2.15. The van der Waals surface area contributed by atoms with Crippen molar-refractivity contribution in [2.45, 2.75) is 20.3 Å². The van der Waals surface area contributed by atoms with E-state index in [4.69, 9.17) is 22.7 Å². The van der Waals surface area contributed by atoms with Gasteiger partial charge in [-0.1, -0.05) is 25.2 Å². The van der Waals surface area contributed by atoms with Crippen LogP contribution in [-0.4, -0.2) is 35.5 Å². The van der Waals surface area contributed by atoms with Crippen LogP contribution in [-0.2, 0) is 0 Å². The van der Waals surface area contributed by atoms with Gasteiger partial charge in [0.05, 0.1) is 18.1 Å². The van der Waals surface area contributed by atoms with E-state index in [9.17, 15) is 4.79 Å². The Bertz CT molecular complexity index is 449. The summed E-state index contributed by atoms with van der Waals surface area (Å²) in [5.41, 5.74) is 6.08. The predicted molar refractivity (Wildman–Crippen MR) is 80.6 cm³/mol. The molecular weight excluding hydrogens is 260 g/mol. The summed E-state index contributed by atoms with van der Waals surface area (Å²) >= 11 is 4.85. The third kappa shape index (κ3) is 4.87. The molecule has 2 N–H and O–H groups in total. The lowest BCUT2D eigenvalue weighted by Crippen LogP contribution is -2.37. The first kappa shape index (κ1) is 15.4. The van der Waals surface area contributed by atoms with Gasteiger partial charge >= 0.3 is 0 Å². The summed E-state index contributed by atoms with van der Waals surface area (Å²) in [6.07, 6.45) is 0.931. The van der Waals surface area contributed by atoms with Gasteiger partial charge < -0.3 is 15.4 Å². The summed E-state index contributed by atoms with van der Waals surface area (Å²) < 4.78 is 5.52. The van der Waals surface area contributed by atoms with Crippen LogP contribution < -0.4 is 10.5 Å². The summed E-state index contributed by atoms with van der Waals surface area (Å²) in [5.74, 6) is 0.622. The molecule has 0 aromatic heterocycles. The number of amides is 1. The lowest BCUT2D eigenvalue weighted by Gasteiger charge is -2.20. The molecule has 5 heteroatoms. The Labute approximate surface area is 119 Å². The highest BCUT2D eigenvalue weighted by Gasteiger charge is 2.15. The molecule has 4 nitrogen and oxygen atoms in total. The number of rotatable bonds is 7. The van der Waals surface area contributed by atoms with Crippen LogP contribution in [0.2, 0.25) is 0 Å². The van der Waals surface area contributed by atoms with Crippen LogP contribution in [0.1, 0.15) is 30.6 Å². The van der Waals surface area contributed by atoms with Gasteiger partial charge in [-0.3, -0.25) is 4.79 Å². The summed E-state index contributed by atoms with van der Waals surface area (Å²) in [5, 5.41) is 0. The number of ether oxygens (including phenoxy) is 1. The van der Waals surface area contributed by atoms with Crippen LogP contribution in [0.3, 0.4) is 0 Å². The monoisotopic (exact) mass is 280 g/mol. The first-order valence-corrected chi connectivity index (χ1v) is 6.79. The van der Waals surface area contributed by atoms with E-state index in [0.29, 0.717) is 36.0 Å². The van der Waals surface area contributed by atoms with Crippen molar-refractivity contribution in [3.63, 3.8) is 0 Å². The second-order valence-electron chi connectivity index (χ2n) is 4.16. The minimum atomic E-state index is -0.0859. The number of likely N-dealkylation sites (N-methyl/N-ethyl adjacent to an activating group) is 1. The van der Waals surface area contributed by atoms with E-state index in [-0.39, 0.29) is 5.91 Å². The molecule has 0 aliphatic heterocycles. The molecule has 0 saturated heterocycles. The molecule has 1 aromatic carbocycles. The van der Waals surface area contributed by atoms with Gasteiger partial charge in [-0.2, -0.15) is 0 Å². The van der Waals surface area contributed by atoms with Crippen LogP contribution >= 0.6 is 12.2 Å². The number of benzene rings is 1. The number of hydrogen-bond acceptors (Lipinski definition) is 3. The predicted octanol–water partition coefficient (Wildman–Crippen LogP) is 2.22. The van der Waals surface area contributed by atoms with Gasteiger partial charge in [0.15, 0.2) is 0 Å². The highest BCUT2D eigenvalue weighted by molar-refractivity contribution is 7.80. The molecule has 0 aliphatic rings. The van der Waals surface area contributed by atoms with Crippen LogP contribution in [0.25, 0.3) is 0 Å². The molecule has 0 spiro atoms. The van der Waals surface area contributed by atoms with E-state index in [2.05, 4.69) is 0 Å². The van der Waals surface area contributed by atoms with Crippen molar-refractivity contribution < 1.29 is 9.53 Å². The molecule has 0 heterocycles. The van der Waals surface area contributed by atoms with Gasteiger partial charge in [0, 0.05) is 12.1 Å². The maximum absolute atomic E-state index is 12.3. The number of carbonyl (C=O) groups is 1. The summed E-state index contributed by atoms with van der Waals surface area (Å²) in [6, 6.07) is 7.17. The van der Waals surface area contributed by atoms with Gasteiger partial charge in [0.2, 0.25) is 0 Å². The summed E-state index contributed by atoms with van der Waals surface area (Å²) in [6.45, 7) is 5.44. The molecule has 104 valence electrons. The van der Waals surface area contributed by atoms with E-state index < -0.39 is 0 Å². The minimum Gasteiger partial charge on any atom is -0.494 e. The zero-order valence-electron chi connectivity index (χ0n) is 11.4. The molecular formula is C14H20N2O2S. The minimum absolute atomic E-state index is 0.0859. The zero-order chi connectivity index (χ0) is 14.3. The van der Waals surface area contributed by atoms with E-state index in [1.807, 2.05) is 26.0 Å². The summed E-state index contributed by atoms with van der Waals surface area (Å²) in [4.78, 5) is 14.2. The molecule has 1 aromatic rings. The van der Waals surface area contributed by atoms with Crippen molar-refractivity contribution in [3.05, 3.63) is 29.8 Å². The molecule has 0 fully saturated rings. The lowest BCUT2D eigenvalue weighted by molar-refractivity contribution is 0.0787. The van der Waals surface area contributed by atoms with Gasteiger partial charge in [-0.05, 0) is 31.5 Å². The number of nitrogens with two attached hydrogens (primary N) is 1. The van der Waals surface area contributed by atoms with Crippen molar-refractivity contribution in [2.24, 2.45) is 5.73 Å². The van der Waals surface area contributed by atoms with Crippen LogP contribution in [0.5, 0.6) is 5.75 Å². The van der Waals surface area contributed by atoms with E-state index >= 15 is 0 Å². The second-order valence-corrected chi connectivity index (χ2v) is 4.69. The van der Waals surface area contributed by atoms with Crippen molar-refractivity contribution in [1.82, 2.24) is 4.90 Å². The van der Waals surface area contributed by atoms with Gasteiger partial charge in [0.1, 0.15) is 5.75 Å². The standard InChI is InChI=1S/C14H20N2O2S/c1-3-8-18-12-7-5-6-11(9-12)14(17)16(4-2)10-13(15)19/h5-7,9H,3-4,8,10H2,1-2H3,(H2,15,19). The van der Waals surface area contributed by atoms with Gasteiger partial charge in [0.25, 0.3) is 5.91 Å². The maximum Gasteiger partial charge on any atom is 0.254 e. The Morgan fingerprint density at radius 1 is 1.42 bits per heavy atom. The fraction of sp³-hybridized carbons (Fsp3) is 0.429. The Morgan fingerprint density at radius 3 is 2.74 bits per heavy atom. The van der Waals surface area contributed by atoms with Crippen LogP contribution in [0, 0.1) is 0 Å². The SMILES string of the molecule is CCCOc1cccc(C(=O)N(CC)CC(N)=S)c1. The Hall–Kier alpha value is -1.62. The average Bonchev–Trinajstić information content (AvgIpc) is 2.41. The van der Waals surface area contributed by atoms with Gasteiger partial charge in [-0.25, -0.2) is 0 Å². The quantitative estimate of drug-likeness (QED) is 0.778. The first-order chi connectivity index (χ1) is 9.08. The van der Waals surface area contributed by atoms with Crippen molar-refractivity contribution >= 4 is 23.1 Å². The maximum atomic E-state index is 12.3. The molecule has 1 amide bonds. The largest absolute Gasteiger partial charge is 0.494 e. The fourth-order valence-corrected chi connectivity index (χ4v) is 1.79. The van der Waals surface area contributed by atoms with Crippen molar-refractivity contribution in [3.8, 4) is 5.75 Å². The molecule has 0 aliphatic carbocycles. The lowest BCUT2D eigenvalue weighted by atomic mass is 10.2. The number of carbonyl (C=O) groups excluding carboxylic acids is 1. The second kappa shape index (κ2) is 7.74. The molecule has 0 unspecified atom stereocenters. The van der Waals surface area contributed by atoms with Crippen LogP contribution in [0.4, 0.5) is 0 Å². The number of hydrogen-bond donors (Lipinski definition) is 1. The number of thiocarbonyl (C=S) groups is 1. The fourth-order valence-electron chi connectivity index (χ4n) is 1.64. The van der Waals surface area contributed by atoms with Crippen molar-refractivity contribution in [2.75, 3.05) is 19.7 Å². The molecule has 0 atom stereocenters. The topological polar surface area (TPSA) is 55.6 Å². The Balaban J connectivity index is 2.82. The number of nitrogens with zero attached hydrogens (tertiary/aromatic N) is 1. The smallest absolute Gasteiger partial charge is 0.254 e. The van der Waals surface area contributed by atoms with Gasteiger partial charge in [-0.15, -0.1) is 0 Å². The first-order valence-electron chi connectivity index (χ1n) is 6.38. The zero-order valence-corrected chi connectivity index (χ0v) is 12.2. The Kier molecular flexibility index (Phi) is 6.29. The third-order valence-corrected chi connectivity index (χ3v) is 2.70. The van der Waals surface area contributed by atoms with Crippen LogP contribution in [0.15, 0.2) is 24.3 Å².